The summed E-state index contributed by atoms with van der Waals surface area (Å²) < 4.78 is 5.17. The second-order valence-electron chi connectivity index (χ2n) is 4.15. The molecule has 0 saturated carbocycles. The van der Waals surface area contributed by atoms with Crippen LogP contribution in [0, 0.1) is 0 Å². The van der Waals surface area contributed by atoms with Gasteiger partial charge in [-0.2, -0.15) is 0 Å². The number of aliphatic hydroxyl groups is 1. The molecule has 0 aliphatic heterocycles. The average molecular weight is 251 g/mol. The smallest absolute Gasteiger partial charge is 0.224 e. The van der Waals surface area contributed by atoms with Crippen molar-refractivity contribution < 1.29 is 14.6 Å². The molecule has 1 rings (SSSR count). The first-order valence-corrected chi connectivity index (χ1v) is 6.29. The number of carbonyl (C=O) groups excluding carboxylic acids is 1. The lowest BCUT2D eigenvalue weighted by atomic mass is 10.1. The molecule has 1 amide bonds. The summed E-state index contributed by atoms with van der Waals surface area (Å²) in [4.78, 5) is 11.6. The van der Waals surface area contributed by atoms with Crippen molar-refractivity contribution in [2.75, 3.05) is 18.5 Å². The fourth-order valence-corrected chi connectivity index (χ4v) is 1.58. The molecule has 0 aliphatic carbocycles. The molecule has 0 aromatic heterocycles. The zero-order valence-corrected chi connectivity index (χ0v) is 11.0. The van der Waals surface area contributed by atoms with Crippen molar-refractivity contribution in [3.05, 3.63) is 29.8 Å². The highest BCUT2D eigenvalue weighted by Crippen LogP contribution is 2.17. The van der Waals surface area contributed by atoms with Gasteiger partial charge < -0.3 is 15.2 Å². The second kappa shape index (κ2) is 7.84. The Hall–Kier alpha value is -1.39. The van der Waals surface area contributed by atoms with Crippen molar-refractivity contribution in [3.8, 4) is 0 Å². The highest BCUT2D eigenvalue weighted by atomic mass is 16.5. The summed E-state index contributed by atoms with van der Waals surface area (Å²) in [5.41, 5.74) is 1.51. The van der Waals surface area contributed by atoms with Crippen molar-refractivity contribution in [1.82, 2.24) is 0 Å². The Labute approximate surface area is 108 Å². The zero-order chi connectivity index (χ0) is 13.4. The SMILES string of the molecule is CCOCCCC(=O)Nc1cccc(C(C)O)c1. The van der Waals surface area contributed by atoms with Crippen LogP contribution in [0.1, 0.15) is 38.4 Å². The molecule has 18 heavy (non-hydrogen) atoms. The fraction of sp³-hybridized carbons (Fsp3) is 0.500. The third-order valence-corrected chi connectivity index (χ3v) is 2.55. The van der Waals surface area contributed by atoms with Gasteiger partial charge in [0.25, 0.3) is 0 Å². The molecule has 0 spiro atoms. The Bertz CT molecular complexity index is 377. The number of anilines is 1. The van der Waals surface area contributed by atoms with Crippen LogP contribution in [0.4, 0.5) is 5.69 Å². The van der Waals surface area contributed by atoms with Gasteiger partial charge >= 0.3 is 0 Å². The maximum absolute atomic E-state index is 11.6. The number of benzene rings is 1. The molecule has 100 valence electrons. The molecular formula is C14H21NO3. The lowest BCUT2D eigenvalue weighted by Gasteiger charge is -2.09. The standard InChI is InChI=1S/C14H21NO3/c1-3-18-9-5-8-14(17)15-13-7-4-6-12(10-13)11(2)16/h4,6-7,10-11,16H,3,5,8-9H2,1-2H3,(H,15,17). The number of rotatable bonds is 7. The summed E-state index contributed by atoms with van der Waals surface area (Å²) in [5.74, 6) is -0.0301. The highest BCUT2D eigenvalue weighted by molar-refractivity contribution is 5.90. The summed E-state index contributed by atoms with van der Waals surface area (Å²) in [6.45, 7) is 4.92. The molecule has 1 aromatic rings. The van der Waals surface area contributed by atoms with Crippen LogP contribution in [0.25, 0.3) is 0 Å². The summed E-state index contributed by atoms with van der Waals surface area (Å²) in [6.07, 6.45) is 0.633. The minimum absolute atomic E-state index is 0.0301. The molecule has 0 bridgehead atoms. The molecule has 2 N–H and O–H groups in total. The number of carbonyl (C=O) groups is 1. The third kappa shape index (κ3) is 5.29. The van der Waals surface area contributed by atoms with E-state index in [1.54, 1.807) is 13.0 Å². The Balaban J connectivity index is 2.41. The maximum atomic E-state index is 11.6. The maximum Gasteiger partial charge on any atom is 0.224 e. The number of hydrogen-bond donors (Lipinski definition) is 2. The fourth-order valence-electron chi connectivity index (χ4n) is 1.58. The van der Waals surface area contributed by atoms with Crippen molar-refractivity contribution in [3.63, 3.8) is 0 Å². The quantitative estimate of drug-likeness (QED) is 0.732. The van der Waals surface area contributed by atoms with Gasteiger partial charge in [0.05, 0.1) is 6.10 Å². The predicted molar refractivity (Wildman–Crippen MR) is 71.4 cm³/mol. The lowest BCUT2D eigenvalue weighted by Crippen LogP contribution is -2.12. The molecule has 0 fully saturated rings. The minimum Gasteiger partial charge on any atom is -0.389 e. The van der Waals surface area contributed by atoms with E-state index in [0.717, 1.165) is 17.7 Å². The molecule has 0 heterocycles. The number of ether oxygens (including phenoxy) is 1. The van der Waals surface area contributed by atoms with Crippen LogP contribution in [0.3, 0.4) is 0 Å². The van der Waals surface area contributed by atoms with E-state index >= 15 is 0 Å². The monoisotopic (exact) mass is 251 g/mol. The Kier molecular flexibility index (Phi) is 6.39. The number of nitrogens with one attached hydrogen (secondary N) is 1. The summed E-state index contributed by atoms with van der Waals surface area (Å²) in [7, 11) is 0. The molecule has 4 heteroatoms. The van der Waals surface area contributed by atoms with Gasteiger partial charge in [-0.15, -0.1) is 0 Å². The van der Waals surface area contributed by atoms with Gasteiger partial charge in [0.1, 0.15) is 0 Å². The van der Waals surface area contributed by atoms with Crippen molar-refractivity contribution in [2.45, 2.75) is 32.8 Å². The van der Waals surface area contributed by atoms with E-state index in [9.17, 15) is 9.90 Å². The van der Waals surface area contributed by atoms with Crippen LogP contribution in [0.5, 0.6) is 0 Å². The van der Waals surface area contributed by atoms with Gasteiger partial charge in [-0.25, -0.2) is 0 Å². The number of hydrogen-bond acceptors (Lipinski definition) is 3. The van der Waals surface area contributed by atoms with Gasteiger partial charge in [-0.3, -0.25) is 4.79 Å². The van der Waals surface area contributed by atoms with E-state index in [1.807, 2.05) is 25.1 Å². The lowest BCUT2D eigenvalue weighted by molar-refractivity contribution is -0.116. The molecule has 0 saturated heterocycles. The van der Waals surface area contributed by atoms with E-state index in [1.165, 1.54) is 0 Å². The van der Waals surface area contributed by atoms with E-state index in [2.05, 4.69) is 5.32 Å². The molecule has 0 radical (unpaired) electrons. The van der Waals surface area contributed by atoms with E-state index in [4.69, 9.17) is 4.74 Å². The van der Waals surface area contributed by atoms with Crippen molar-refractivity contribution in [1.29, 1.82) is 0 Å². The van der Waals surface area contributed by atoms with E-state index < -0.39 is 6.10 Å². The van der Waals surface area contributed by atoms with Crippen LogP contribution in [0.15, 0.2) is 24.3 Å². The second-order valence-corrected chi connectivity index (χ2v) is 4.15. The topological polar surface area (TPSA) is 58.6 Å². The molecule has 1 aromatic carbocycles. The van der Waals surface area contributed by atoms with Crippen LogP contribution < -0.4 is 5.32 Å². The normalized spacial score (nSPS) is 12.2. The van der Waals surface area contributed by atoms with Crippen molar-refractivity contribution in [2.24, 2.45) is 0 Å². The third-order valence-electron chi connectivity index (χ3n) is 2.55. The molecule has 0 aliphatic rings. The van der Waals surface area contributed by atoms with Gasteiger partial charge in [-0.05, 0) is 38.0 Å². The first kappa shape index (κ1) is 14.7. The molecule has 1 unspecified atom stereocenters. The Morgan fingerprint density at radius 3 is 2.94 bits per heavy atom. The van der Waals surface area contributed by atoms with Crippen LogP contribution in [-0.2, 0) is 9.53 Å². The Morgan fingerprint density at radius 2 is 2.28 bits per heavy atom. The summed E-state index contributed by atoms with van der Waals surface area (Å²) >= 11 is 0. The van der Waals surface area contributed by atoms with Gasteiger partial charge in [0, 0.05) is 25.3 Å². The van der Waals surface area contributed by atoms with E-state index in [0.29, 0.717) is 19.6 Å². The minimum atomic E-state index is -0.528. The van der Waals surface area contributed by atoms with Crippen molar-refractivity contribution >= 4 is 11.6 Å². The largest absolute Gasteiger partial charge is 0.389 e. The Morgan fingerprint density at radius 1 is 1.50 bits per heavy atom. The number of aliphatic hydroxyl groups excluding tert-OH is 1. The van der Waals surface area contributed by atoms with Gasteiger partial charge in [0.15, 0.2) is 0 Å². The molecular weight excluding hydrogens is 230 g/mol. The van der Waals surface area contributed by atoms with Crippen LogP contribution in [0.2, 0.25) is 0 Å². The summed E-state index contributed by atoms with van der Waals surface area (Å²) in [6, 6.07) is 7.24. The van der Waals surface area contributed by atoms with Gasteiger partial charge in [0.2, 0.25) is 5.91 Å². The molecule has 1 atom stereocenters. The first-order chi connectivity index (χ1) is 8.63. The number of amides is 1. The van der Waals surface area contributed by atoms with E-state index in [-0.39, 0.29) is 5.91 Å². The highest BCUT2D eigenvalue weighted by Gasteiger charge is 2.05. The van der Waals surface area contributed by atoms with Crippen LogP contribution in [-0.4, -0.2) is 24.2 Å². The summed E-state index contributed by atoms with van der Waals surface area (Å²) in [5, 5.41) is 12.3. The molecule has 4 nitrogen and oxygen atoms in total. The first-order valence-electron chi connectivity index (χ1n) is 6.29. The van der Waals surface area contributed by atoms with Gasteiger partial charge in [-0.1, -0.05) is 12.1 Å². The zero-order valence-electron chi connectivity index (χ0n) is 11.0. The van der Waals surface area contributed by atoms with Crippen LogP contribution >= 0.6 is 0 Å². The predicted octanol–water partition coefficient (Wildman–Crippen LogP) is 2.50. The average Bonchev–Trinajstić information content (AvgIpc) is 2.35.